The zero-order chi connectivity index (χ0) is 27.8. The lowest BCUT2D eigenvalue weighted by Gasteiger charge is -2.33. The van der Waals surface area contributed by atoms with Gasteiger partial charge in [0.25, 0.3) is 0 Å². The molecule has 0 spiro atoms. The number of carbonyl (C=O) groups excluding carboxylic acids is 2. The summed E-state index contributed by atoms with van der Waals surface area (Å²) in [5, 5.41) is 3.01. The number of nitrogens with zero attached hydrogens (tertiary/aromatic N) is 2. The summed E-state index contributed by atoms with van der Waals surface area (Å²) in [4.78, 5) is 28.3. The van der Waals surface area contributed by atoms with Crippen LogP contribution in [0, 0.1) is 6.92 Å². The zero-order valence-electron chi connectivity index (χ0n) is 23.4. The van der Waals surface area contributed by atoms with E-state index in [0.717, 1.165) is 23.1 Å². The van der Waals surface area contributed by atoms with Crippen LogP contribution in [0.2, 0.25) is 0 Å². The van der Waals surface area contributed by atoms with Crippen molar-refractivity contribution in [2.45, 2.75) is 85.4 Å². The molecule has 0 saturated carbocycles. The molecule has 0 aliphatic heterocycles. The van der Waals surface area contributed by atoms with E-state index in [-0.39, 0.29) is 24.8 Å². The van der Waals surface area contributed by atoms with Gasteiger partial charge in [-0.25, -0.2) is 8.42 Å². The number of rotatable bonds is 12. The van der Waals surface area contributed by atoms with E-state index in [0.29, 0.717) is 25.1 Å². The molecule has 2 rings (SSSR count). The predicted octanol–water partition coefficient (Wildman–Crippen LogP) is 4.83. The van der Waals surface area contributed by atoms with Crippen molar-refractivity contribution in [3.63, 3.8) is 0 Å². The molecule has 37 heavy (non-hydrogen) atoms. The first-order chi connectivity index (χ1) is 17.2. The Hall–Kier alpha value is -2.87. The fourth-order valence-corrected chi connectivity index (χ4v) is 5.13. The number of hydrogen-bond acceptors (Lipinski definition) is 4. The smallest absolute Gasteiger partial charge is 0.243 e. The van der Waals surface area contributed by atoms with Crippen LogP contribution in [-0.2, 0) is 32.6 Å². The number of carbonyl (C=O) groups is 2. The molecule has 0 heterocycles. The van der Waals surface area contributed by atoms with E-state index in [1.165, 1.54) is 10.6 Å². The molecule has 1 unspecified atom stereocenters. The number of benzene rings is 2. The Kier molecular flexibility index (Phi) is 10.7. The highest BCUT2D eigenvalue weighted by atomic mass is 32.2. The van der Waals surface area contributed by atoms with Gasteiger partial charge in [0.05, 0.1) is 11.9 Å². The molecular weight excluding hydrogens is 486 g/mol. The average molecular weight is 530 g/mol. The van der Waals surface area contributed by atoms with E-state index < -0.39 is 21.6 Å². The maximum atomic E-state index is 13.5. The number of hydrogen-bond donors (Lipinski definition) is 1. The molecule has 204 valence electrons. The van der Waals surface area contributed by atoms with Crippen LogP contribution in [0.25, 0.3) is 0 Å². The molecule has 2 aromatic rings. The molecule has 1 atom stereocenters. The first-order valence-corrected chi connectivity index (χ1v) is 14.8. The van der Waals surface area contributed by atoms with Crippen LogP contribution in [-0.4, -0.2) is 49.5 Å². The predicted molar refractivity (Wildman–Crippen MR) is 151 cm³/mol. The average Bonchev–Trinajstić information content (AvgIpc) is 2.81. The quantitative estimate of drug-likeness (QED) is 0.427. The SMILES string of the molecule is CCc1ccc(N(CCCC(=O)N(Cc2ccc(C)cc2)C(CC)C(=O)NC(C)(C)C)S(C)(=O)=O)cc1. The van der Waals surface area contributed by atoms with Crippen LogP contribution < -0.4 is 9.62 Å². The van der Waals surface area contributed by atoms with Crippen LogP contribution >= 0.6 is 0 Å². The highest BCUT2D eigenvalue weighted by Crippen LogP contribution is 2.21. The minimum absolute atomic E-state index is 0.129. The maximum Gasteiger partial charge on any atom is 0.243 e. The summed E-state index contributed by atoms with van der Waals surface area (Å²) in [6, 6.07) is 14.7. The number of anilines is 1. The Morgan fingerprint density at radius 1 is 0.946 bits per heavy atom. The normalized spacial score (nSPS) is 12.6. The number of nitrogens with one attached hydrogen (secondary N) is 1. The Bertz CT molecular complexity index is 1140. The Morgan fingerprint density at radius 3 is 2.00 bits per heavy atom. The van der Waals surface area contributed by atoms with Crippen LogP contribution in [0.5, 0.6) is 0 Å². The zero-order valence-corrected chi connectivity index (χ0v) is 24.2. The van der Waals surface area contributed by atoms with Gasteiger partial charge in [-0.1, -0.05) is 55.8 Å². The monoisotopic (exact) mass is 529 g/mol. The van der Waals surface area contributed by atoms with Gasteiger partial charge < -0.3 is 10.2 Å². The van der Waals surface area contributed by atoms with Crippen molar-refractivity contribution in [3.8, 4) is 0 Å². The van der Waals surface area contributed by atoms with Crippen molar-refractivity contribution < 1.29 is 18.0 Å². The van der Waals surface area contributed by atoms with Gasteiger partial charge in [-0.15, -0.1) is 0 Å². The van der Waals surface area contributed by atoms with E-state index in [1.807, 2.05) is 77.9 Å². The summed E-state index contributed by atoms with van der Waals surface area (Å²) in [5.41, 5.74) is 3.34. The second-order valence-corrected chi connectivity index (χ2v) is 12.5. The lowest BCUT2D eigenvalue weighted by atomic mass is 10.0. The fraction of sp³-hybridized carbons (Fsp3) is 0.517. The van der Waals surface area contributed by atoms with Crippen molar-refractivity contribution in [3.05, 3.63) is 65.2 Å². The number of amides is 2. The molecule has 7 nitrogen and oxygen atoms in total. The second-order valence-electron chi connectivity index (χ2n) is 10.6. The first-order valence-electron chi connectivity index (χ1n) is 13.0. The molecule has 1 N–H and O–H groups in total. The maximum absolute atomic E-state index is 13.5. The van der Waals surface area contributed by atoms with Crippen molar-refractivity contribution in [2.75, 3.05) is 17.1 Å². The standard InChI is InChI=1S/C29H43N3O4S/c1-8-23-16-18-25(19-17-23)32(37(7,35)36)20-10-11-27(33)31(21-24-14-12-22(3)13-15-24)26(9-2)28(34)30-29(4,5)6/h12-19,26H,8-11,20-21H2,1-7H3,(H,30,34). The fourth-order valence-electron chi connectivity index (χ4n) is 4.16. The van der Waals surface area contributed by atoms with Crippen molar-refractivity contribution in [1.82, 2.24) is 10.2 Å². The van der Waals surface area contributed by atoms with Gasteiger partial charge in [-0.05, 0) is 70.2 Å². The Morgan fingerprint density at radius 2 is 1.51 bits per heavy atom. The topological polar surface area (TPSA) is 86.8 Å². The van der Waals surface area contributed by atoms with E-state index in [1.54, 1.807) is 17.0 Å². The van der Waals surface area contributed by atoms with Gasteiger partial charge in [-0.2, -0.15) is 0 Å². The van der Waals surface area contributed by atoms with Crippen molar-refractivity contribution >= 4 is 27.5 Å². The third-order valence-electron chi connectivity index (χ3n) is 6.14. The van der Waals surface area contributed by atoms with Crippen molar-refractivity contribution in [2.24, 2.45) is 0 Å². The summed E-state index contributed by atoms with van der Waals surface area (Å²) in [6.07, 6.45) is 2.98. The van der Waals surface area contributed by atoms with E-state index in [9.17, 15) is 18.0 Å². The lowest BCUT2D eigenvalue weighted by molar-refractivity contribution is -0.142. The second kappa shape index (κ2) is 13.1. The minimum atomic E-state index is -3.52. The largest absolute Gasteiger partial charge is 0.350 e. The van der Waals surface area contributed by atoms with Gasteiger partial charge >= 0.3 is 0 Å². The molecule has 0 saturated heterocycles. The molecule has 0 fully saturated rings. The minimum Gasteiger partial charge on any atom is -0.350 e. The number of aryl methyl sites for hydroxylation is 2. The van der Waals surface area contributed by atoms with Gasteiger partial charge in [0, 0.05) is 25.0 Å². The molecule has 2 amide bonds. The van der Waals surface area contributed by atoms with Crippen LogP contribution in [0.1, 0.15) is 70.6 Å². The van der Waals surface area contributed by atoms with Crippen LogP contribution in [0.4, 0.5) is 5.69 Å². The van der Waals surface area contributed by atoms with Gasteiger partial charge in [0.2, 0.25) is 21.8 Å². The number of sulfonamides is 1. The summed E-state index contributed by atoms with van der Waals surface area (Å²) >= 11 is 0. The van der Waals surface area contributed by atoms with Gasteiger partial charge in [0.1, 0.15) is 6.04 Å². The van der Waals surface area contributed by atoms with E-state index >= 15 is 0 Å². The Labute approximate surface area is 223 Å². The summed E-state index contributed by atoms with van der Waals surface area (Å²) in [6.45, 7) is 12.2. The molecule has 0 bridgehead atoms. The van der Waals surface area contributed by atoms with Gasteiger partial charge in [-0.3, -0.25) is 13.9 Å². The lowest BCUT2D eigenvalue weighted by Crippen LogP contribution is -2.53. The first kappa shape index (κ1) is 30.4. The van der Waals surface area contributed by atoms with Crippen LogP contribution in [0.3, 0.4) is 0 Å². The highest BCUT2D eigenvalue weighted by molar-refractivity contribution is 7.92. The third-order valence-corrected chi connectivity index (χ3v) is 7.34. The molecule has 0 radical (unpaired) electrons. The molecular formula is C29H43N3O4S. The molecule has 8 heteroatoms. The Balaban J connectivity index is 2.22. The van der Waals surface area contributed by atoms with Crippen LogP contribution in [0.15, 0.2) is 48.5 Å². The molecule has 0 aliphatic rings. The third kappa shape index (κ3) is 9.50. The molecule has 2 aromatic carbocycles. The van der Waals surface area contributed by atoms with E-state index in [4.69, 9.17) is 0 Å². The summed E-state index contributed by atoms with van der Waals surface area (Å²) < 4.78 is 26.4. The molecule has 0 aromatic heterocycles. The van der Waals surface area contributed by atoms with E-state index in [2.05, 4.69) is 5.32 Å². The molecule has 0 aliphatic carbocycles. The van der Waals surface area contributed by atoms with Gasteiger partial charge in [0.15, 0.2) is 0 Å². The highest BCUT2D eigenvalue weighted by Gasteiger charge is 2.30. The summed E-state index contributed by atoms with van der Waals surface area (Å²) in [7, 11) is -3.52. The summed E-state index contributed by atoms with van der Waals surface area (Å²) in [5.74, 6) is -0.365. The van der Waals surface area contributed by atoms with Crippen molar-refractivity contribution in [1.29, 1.82) is 0 Å².